The van der Waals surface area contributed by atoms with Gasteiger partial charge in [-0.2, -0.15) is 10.1 Å². The minimum Gasteiger partial charge on any atom is -0.478 e. The lowest BCUT2D eigenvalue weighted by Crippen LogP contribution is -2.32. The van der Waals surface area contributed by atoms with E-state index >= 15 is 0 Å². The van der Waals surface area contributed by atoms with Crippen LogP contribution in [0.4, 0.5) is 10.1 Å². The smallest absolute Gasteiger partial charge is 0.335 e. The molecule has 1 aliphatic heterocycles. The number of fused-ring (bicyclic) bond motifs is 3. The summed E-state index contributed by atoms with van der Waals surface area (Å²) in [5, 5.41) is 17.2. The lowest BCUT2D eigenvalue weighted by Gasteiger charge is -2.30. The number of carbonyl (C=O) groups is 1. The Morgan fingerprint density at radius 1 is 1.06 bits per heavy atom. The van der Waals surface area contributed by atoms with Crippen LogP contribution in [0.1, 0.15) is 22.1 Å². The SMILES string of the molecule is O=C(O)c1ccc([C@H]2Nc3ccc(Br)cc3-c3nc(=O)c(-c4ccc(F)cc4)nn32)cc1. The van der Waals surface area contributed by atoms with Crippen molar-refractivity contribution >= 4 is 27.6 Å². The fraction of sp³-hybridized carbons (Fsp3) is 0.0435. The predicted octanol–water partition coefficient (Wildman–Crippen LogP) is 4.54. The second-order valence-electron chi connectivity index (χ2n) is 7.20. The van der Waals surface area contributed by atoms with Crippen LogP contribution < -0.4 is 10.9 Å². The Morgan fingerprint density at radius 3 is 2.47 bits per heavy atom. The summed E-state index contributed by atoms with van der Waals surface area (Å²) in [5.41, 5.74) is 2.33. The van der Waals surface area contributed by atoms with Crippen LogP contribution in [0.5, 0.6) is 0 Å². The number of hydrogen-bond donors (Lipinski definition) is 2. The third kappa shape index (κ3) is 3.46. The van der Waals surface area contributed by atoms with E-state index in [1.165, 1.54) is 36.4 Å². The molecule has 1 atom stereocenters. The van der Waals surface area contributed by atoms with Crippen LogP contribution in [-0.2, 0) is 0 Å². The Kier molecular flexibility index (Phi) is 4.82. The third-order valence-electron chi connectivity index (χ3n) is 5.19. The lowest BCUT2D eigenvalue weighted by atomic mass is 10.0. The number of benzene rings is 3. The molecule has 0 fully saturated rings. The van der Waals surface area contributed by atoms with Crippen molar-refractivity contribution in [3.63, 3.8) is 0 Å². The highest BCUT2D eigenvalue weighted by molar-refractivity contribution is 9.10. The van der Waals surface area contributed by atoms with Gasteiger partial charge in [0.1, 0.15) is 12.0 Å². The monoisotopic (exact) mass is 492 g/mol. The Labute approximate surface area is 189 Å². The van der Waals surface area contributed by atoms with Gasteiger partial charge >= 0.3 is 5.97 Å². The quantitative estimate of drug-likeness (QED) is 0.435. The summed E-state index contributed by atoms with van der Waals surface area (Å²) in [6, 6.07) is 17.4. The van der Waals surface area contributed by atoms with Crippen molar-refractivity contribution in [3.8, 4) is 22.6 Å². The van der Waals surface area contributed by atoms with Gasteiger partial charge in [0.05, 0.1) is 5.56 Å². The number of halogens is 2. The van der Waals surface area contributed by atoms with Gasteiger partial charge in [0.2, 0.25) is 0 Å². The molecule has 0 saturated heterocycles. The maximum Gasteiger partial charge on any atom is 0.335 e. The van der Waals surface area contributed by atoms with Crippen LogP contribution in [0.2, 0.25) is 0 Å². The van der Waals surface area contributed by atoms with Crippen molar-refractivity contribution in [2.24, 2.45) is 0 Å². The molecule has 0 aliphatic carbocycles. The van der Waals surface area contributed by atoms with E-state index in [0.717, 1.165) is 15.7 Å². The molecule has 32 heavy (non-hydrogen) atoms. The molecule has 0 bridgehead atoms. The van der Waals surface area contributed by atoms with Crippen LogP contribution in [0.3, 0.4) is 0 Å². The van der Waals surface area contributed by atoms with E-state index in [0.29, 0.717) is 17.0 Å². The van der Waals surface area contributed by atoms with Gasteiger partial charge in [-0.3, -0.25) is 4.79 Å². The average Bonchev–Trinajstić information content (AvgIpc) is 2.79. The molecule has 1 aliphatic rings. The number of nitrogens with one attached hydrogen (secondary N) is 1. The number of carboxylic acids is 1. The van der Waals surface area contributed by atoms with Crippen LogP contribution in [0.25, 0.3) is 22.6 Å². The van der Waals surface area contributed by atoms with Crippen molar-refractivity contribution < 1.29 is 14.3 Å². The van der Waals surface area contributed by atoms with E-state index in [9.17, 15) is 19.1 Å². The second kappa shape index (κ2) is 7.69. The highest BCUT2D eigenvalue weighted by atomic mass is 79.9. The Hall–Kier alpha value is -3.85. The number of rotatable bonds is 3. The summed E-state index contributed by atoms with van der Waals surface area (Å²) in [6.45, 7) is 0. The standard InChI is InChI=1S/C23H14BrFN4O3/c24-15-7-10-18-17(11-15)21-27-22(30)19(12-5-8-16(25)9-6-12)28-29(21)20(26-18)13-1-3-14(4-2-13)23(31)32/h1-11,20,26H,(H,31,32)/t20-/m0/s1. The van der Waals surface area contributed by atoms with Crippen molar-refractivity contribution in [3.05, 3.63) is 98.5 Å². The number of anilines is 1. The number of aromatic nitrogens is 3. The number of nitrogens with zero attached hydrogens (tertiary/aromatic N) is 3. The van der Waals surface area contributed by atoms with Gasteiger partial charge < -0.3 is 10.4 Å². The molecule has 2 N–H and O–H groups in total. The highest BCUT2D eigenvalue weighted by Gasteiger charge is 2.28. The van der Waals surface area contributed by atoms with Crippen molar-refractivity contribution in [2.45, 2.75) is 6.17 Å². The van der Waals surface area contributed by atoms with Crippen LogP contribution in [0.15, 0.2) is 76.0 Å². The van der Waals surface area contributed by atoms with E-state index in [1.54, 1.807) is 16.8 Å². The molecule has 1 aromatic heterocycles. The van der Waals surface area contributed by atoms with Gasteiger partial charge in [-0.05, 0) is 60.2 Å². The molecular formula is C23H14BrFN4O3. The van der Waals surface area contributed by atoms with E-state index in [-0.39, 0.29) is 11.3 Å². The summed E-state index contributed by atoms with van der Waals surface area (Å²) in [7, 11) is 0. The Balaban J connectivity index is 1.72. The molecule has 0 saturated carbocycles. The summed E-state index contributed by atoms with van der Waals surface area (Å²) in [5.74, 6) is -1.08. The van der Waals surface area contributed by atoms with Gasteiger partial charge in [-0.1, -0.05) is 28.1 Å². The molecule has 0 spiro atoms. The third-order valence-corrected chi connectivity index (χ3v) is 5.68. The van der Waals surface area contributed by atoms with Gasteiger partial charge in [-0.25, -0.2) is 13.9 Å². The molecule has 5 rings (SSSR count). The molecule has 0 amide bonds. The minimum atomic E-state index is -1.02. The Bertz CT molecular complexity index is 1420. The van der Waals surface area contributed by atoms with E-state index in [2.05, 4.69) is 31.3 Å². The maximum atomic E-state index is 13.4. The van der Waals surface area contributed by atoms with Crippen molar-refractivity contribution in [1.82, 2.24) is 14.8 Å². The molecule has 7 nitrogen and oxygen atoms in total. The summed E-state index contributed by atoms with van der Waals surface area (Å²) in [6.07, 6.45) is -0.547. The van der Waals surface area contributed by atoms with Gasteiger partial charge in [-0.15, -0.1) is 0 Å². The second-order valence-corrected chi connectivity index (χ2v) is 8.12. The number of carboxylic acid groups (broad SMARTS) is 1. The topological polar surface area (TPSA) is 97.1 Å². The fourth-order valence-electron chi connectivity index (χ4n) is 3.62. The van der Waals surface area contributed by atoms with Crippen LogP contribution in [-0.4, -0.2) is 25.8 Å². The van der Waals surface area contributed by atoms with Gasteiger partial charge in [0.25, 0.3) is 5.56 Å². The molecule has 9 heteroatoms. The first-order valence-corrected chi connectivity index (χ1v) is 10.4. The van der Waals surface area contributed by atoms with E-state index in [4.69, 9.17) is 0 Å². The number of hydrogen-bond acceptors (Lipinski definition) is 5. The lowest BCUT2D eigenvalue weighted by molar-refractivity contribution is 0.0697. The van der Waals surface area contributed by atoms with Crippen molar-refractivity contribution in [1.29, 1.82) is 0 Å². The first-order chi connectivity index (χ1) is 15.4. The summed E-state index contributed by atoms with van der Waals surface area (Å²) < 4.78 is 15.8. The minimum absolute atomic E-state index is 0.0844. The highest BCUT2D eigenvalue weighted by Crippen LogP contribution is 2.38. The summed E-state index contributed by atoms with van der Waals surface area (Å²) >= 11 is 3.45. The van der Waals surface area contributed by atoms with Crippen LogP contribution >= 0.6 is 15.9 Å². The first-order valence-electron chi connectivity index (χ1n) is 9.57. The average molecular weight is 493 g/mol. The van der Waals surface area contributed by atoms with E-state index < -0.39 is 23.5 Å². The number of aromatic carboxylic acids is 1. The zero-order valence-electron chi connectivity index (χ0n) is 16.3. The largest absolute Gasteiger partial charge is 0.478 e. The zero-order valence-corrected chi connectivity index (χ0v) is 17.9. The van der Waals surface area contributed by atoms with E-state index in [1.807, 2.05) is 18.2 Å². The van der Waals surface area contributed by atoms with Crippen LogP contribution in [0, 0.1) is 5.82 Å². The van der Waals surface area contributed by atoms with Gasteiger partial charge in [0.15, 0.2) is 11.5 Å². The van der Waals surface area contributed by atoms with Crippen molar-refractivity contribution in [2.75, 3.05) is 5.32 Å². The first kappa shape index (κ1) is 20.1. The molecule has 4 aromatic rings. The predicted molar refractivity (Wildman–Crippen MR) is 120 cm³/mol. The Morgan fingerprint density at radius 2 is 1.78 bits per heavy atom. The molecule has 3 aromatic carbocycles. The molecule has 0 radical (unpaired) electrons. The molecular weight excluding hydrogens is 479 g/mol. The fourth-order valence-corrected chi connectivity index (χ4v) is 3.98. The molecule has 0 unspecified atom stereocenters. The normalized spacial score (nSPS) is 14.2. The maximum absolute atomic E-state index is 13.4. The van der Waals surface area contributed by atoms with Gasteiger partial charge in [0, 0.05) is 21.3 Å². The zero-order chi connectivity index (χ0) is 22.4. The molecule has 2 heterocycles. The summed E-state index contributed by atoms with van der Waals surface area (Å²) in [4.78, 5) is 28.4. The molecule has 158 valence electrons.